The number of carboxylic acids is 1. The predicted octanol–water partition coefficient (Wildman–Crippen LogP) is 6.36. The molecule has 1 aliphatic rings. The lowest BCUT2D eigenvalue weighted by Crippen LogP contribution is -2.16. The number of hydrogen-bond acceptors (Lipinski definition) is 3. The zero-order valence-corrected chi connectivity index (χ0v) is 20.0. The number of benzene rings is 3. The van der Waals surface area contributed by atoms with E-state index in [1.807, 2.05) is 54.6 Å². The molecule has 1 saturated carbocycles. The lowest BCUT2D eigenvalue weighted by atomic mass is 9.72. The first-order valence-corrected chi connectivity index (χ1v) is 12.0. The summed E-state index contributed by atoms with van der Waals surface area (Å²) in [6.45, 7) is 2.04. The van der Waals surface area contributed by atoms with Gasteiger partial charge in [-0.15, -0.1) is 0 Å². The molecule has 1 aromatic heterocycles. The van der Waals surface area contributed by atoms with Crippen molar-refractivity contribution >= 4 is 34.1 Å². The van der Waals surface area contributed by atoms with Crippen molar-refractivity contribution in [3.8, 4) is 0 Å². The van der Waals surface area contributed by atoms with Crippen LogP contribution < -0.4 is 0 Å². The van der Waals surface area contributed by atoms with Gasteiger partial charge < -0.3 is 10.2 Å². The average molecular weight is 483 g/mol. The van der Waals surface area contributed by atoms with Gasteiger partial charge in [-0.1, -0.05) is 55.0 Å². The zero-order valence-electron chi connectivity index (χ0n) is 20.0. The molecule has 5 rings (SSSR count). The first kappa shape index (κ1) is 23.7. The van der Waals surface area contributed by atoms with Gasteiger partial charge in [-0.05, 0) is 88.4 Å². The van der Waals surface area contributed by atoms with Gasteiger partial charge in [0.2, 0.25) is 5.95 Å². The van der Waals surface area contributed by atoms with Gasteiger partial charge in [-0.25, -0.2) is 4.79 Å². The van der Waals surface area contributed by atoms with Gasteiger partial charge in [-0.2, -0.15) is 9.49 Å². The Bertz CT molecular complexity index is 1490. The highest BCUT2D eigenvalue weighted by Gasteiger charge is 2.28. The number of aromatic nitrogens is 2. The van der Waals surface area contributed by atoms with Crippen LogP contribution in [0.1, 0.15) is 52.6 Å². The molecule has 1 fully saturated rings. The van der Waals surface area contributed by atoms with Crippen molar-refractivity contribution in [1.29, 1.82) is 0 Å². The summed E-state index contributed by atoms with van der Waals surface area (Å²) >= 11 is 0. The second kappa shape index (κ2) is 9.91. The summed E-state index contributed by atoms with van der Waals surface area (Å²) in [5.41, 5.74) is 8.51. The summed E-state index contributed by atoms with van der Waals surface area (Å²) in [7, 11) is 0. The molecule has 4 aromatic rings. The molecule has 5 nitrogen and oxygen atoms in total. The summed E-state index contributed by atoms with van der Waals surface area (Å²) in [6.07, 6.45) is 5.98. The van der Waals surface area contributed by atoms with Gasteiger partial charge in [0.15, 0.2) is 0 Å². The molecule has 6 heteroatoms. The fraction of sp³-hybridized carbons (Fsp3) is 0.200. The molecule has 1 aliphatic carbocycles. The van der Waals surface area contributed by atoms with Crippen molar-refractivity contribution in [2.24, 2.45) is 5.92 Å². The van der Waals surface area contributed by atoms with Gasteiger partial charge in [0.1, 0.15) is 0 Å². The number of aliphatic hydroxyl groups excluding tert-OH is 1. The highest BCUT2D eigenvalue weighted by molar-refractivity contribution is 6.02. The third kappa shape index (κ3) is 4.60. The van der Waals surface area contributed by atoms with Crippen LogP contribution >= 0.6 is 0 Å². The van der Waals surface area contributed by atoms with Crippen LogP contribution in [0.3, 0.4) is 0 Å². The lowest BCUT2D eigenvalue weighted by molar-refractivity contribution is -0.131. The molecule has 0 bridgehead atoms. The van der Waals surface area contributed by atoms with E-state index in [-0.39, 0.29) is 6.61 Å². The molecular weight excluding hydrogens is 455 g/mol. The van der Waals surface area contributed by atoms with E-state index in [1.54, 1.807) is 6.08 Å². The summed E-state index contributed by atoms with van der Waals surface area (Å²) in [5, 5.41) is 25.5. The van der Waals surface area contributed by atoms with E-state index < -0.39 is 11.9 Å². The molecule has 3 N–H and O–H groups in total. The maximum atomic E-state index is 14.5. The number of fused-ring (bicyclic) bond motifs is 1. The van der Waals surface area contributed by atoms with Crippen molar-refractivity contribution in [3.05, 3.63) is 106 Å². The standard InChI is InChI=1S/C30H27FN2O3/c1-18-15-20(17-34)7-12-24(18)29(21-3-2-4-21)28(22-9-5-19(6-10-22)8-14-27(35)36)23-11-13-26-25(16-23)30(31)33-32-26/h5-16,21,34H,2-4,17H2,1H3,(H,32,33)(H,35,36)/b14-8+,29-28?. The Morgan fingerprint density at radius 1 is 1.08 bits per heavy atom. The Morgan fingerprint density at radius 2 is 1.83 bits per heavy atom. The molecule has 36 heavy (non-hydrogen) atoms. The highest BCUT2D eigenvalue weighted by Crippen LogP contribution is 2.46. The molecule has 0 radical (unpaired) electrons. The fourth-order valence-corrected chi connectivity index (χ4v) is 4.92. The van der Waals surface area contributed by atoms with E-state index in [4.69, 9.17) is 5.11 Å². The van der Waals surface area contributed by atoms with Crippen LogP contribution in [0.5, 0.6) is 0 Å². The fourth-order valence-electron chi connectivity index (χ4n) is 4.92. The quantitative estimate of drug-likeness (QED) is 0.211. The van der Waals surface area contributed by atoms with Gasteiger partial charge >= 0.3 is 5.97 Å². The number of nitrogens with zero attached hydrogens (tertiary/aromatic N) is 1. The smallest absolute Gasteiger partial charge is 0.328 e. The summed E-state index contributed by atoms with van der Waals surface area (Å²) in [5.74, 6) is -1.10. The molecule has 182 valence electrons. The first-order valence-electron chi connectivity index (χ1n) is 12.0. The highest BCUT2D eigenvalue weighted by atomic mass is 19.1. The van der Waals surface area contributed by atoms with Crippen LogP contribution in [0.2, 0.25) is 0 Å². The molecule has 0 atom stereocenters. The predicted molar refractivity (Wildman–Crippen MR) is 140 cm³/mol. The Balaban J connectivity index is 1.76. The Kier molecular flexibility index (Phi) is 6.53. The maximum absolute atomic E-state index is 14.5. The molecular formula is C30H27FN2O3. The van der Waals surface area contributed by atoms with Crippen molar-refractivity contribution in [2.45, 2.75) is 32.8 Å². The number of rotatable bonds is 7. The number of nitrogens with one attached hydrogen (secondary N) is 1. The number of H-pyrrole nitrogens is 1. The summed E-state index contributed by atoms with van der Waals surface area (Å²) < 4.78 is 14.5. The van der Waals surface area contributed by atoms with E-state index in [2.05, 4.69) is 23.2 Å². The minimum absolute atomic E-state index is 0.0157. The van der Waals surface area contributed by atoms with Crippen LogP contribution in [0.15, 0.2) is 66.7 Å². The van der Waals surface area contributed by atoms with Crippen molar-refractivity contribution in [2.75, 3.05) is 0 Å². The van der Waals surface area contributed by atoms with E-state index >= 15 is 0 Å². The van der Waals surface area contributed by atoms with Crippen LogP contribution in [0.25, 0.3) is 28.1 Å². The Hall–Kier alpha value is -4.03. The second-order valence-electron chi connectivity index (χ2n) is 9.29. The van der Waals surface area contributed by atoms with Crippen molar-refractivity contribution in [1.82, 2.24) is 10.2 Å². The van der Waals surface area contributed by atoms with Crippen LogP contribution in [-0.2, 0) is 11.4 Å². The molecule has 0 spiro atoms. The number of aromatic amines is 1. The van der Waals surface area contributed by atoms with Crippen LogP contribution in [0.4, 0.5) is 4.39 Å². The van der Waals surface area contributed by atoms with E-state index in [9.17, 15) is 14.3 Å². The van der Waals surface area contributed by atoms with Gasteiger partial charge in [0.05, 0.1) is 17.5 Å². The van der Waals surface area contributed by atoms with Gasteiger partial charge in [0, 0.05) is 6.08 Å². The van der Waals surface area contributed by atoms with E-state index in [1.165, 1.54) is 5.57 Å². The van der Waals surface area contributed by atoms with Gasteiger partial charge in [-0.3, -0.25) is 5.10 Å². The van der Waals surface area contributed by atoms with Crippen molar-refractivity contribution in [3.63, 3.8) is 0 Å². The number of allylic oxidation sites excluding steroid dienone is 1. The number of hydrogen-bond donors (Lipinski definition) is 3. The third-order valence-electron chi connectivity index (χ3n) is 6.96. The van der Waals surface area contributed by atoms with Crippen LogP contribution in [-0.4, -0.2) is 26.4 Å². The molecule has 0 amide bonds. The Labute approximate surface area is 208 Å². The monoisotopic (exact) mass is 482 g/mol. The lowest BCUT2D eigenvalue weighted by Gasteiger charge is -2.32. The average Bonchev–Trinajstić information content (AvgIpc) is 3.22. The minimum atomic E-state index is -0.996. The maximum Gasteiger partial charge on any atom is 0.328 e. The number of aliphatic hydroxyl groups is 1. The normalized spacial score (nSPS) is 14.8. The molecule has 0 unspecified atom stereocenters. The number of aryl methyl sites for hydroxylation is 1. The molecule has 1 heterocycles. The summed E-state index contributed by atoms with van der Waals surface area (Å²) in [6, 6.07) is 19.5. The number of aliphatic carboxylic acids is 1. The zero-order chi connectivity index (χ0) is 25.2. The molecule has 0 aliphatic heterocycles. The molecule has 3 aromatic carbocycles. The first-order chi connectivity index (χ1) is 17.4. The number of halogens is 1. The third-order valence-corrected chi connectivity index (χ3v) is 6.96. The molecule has 0 saturated heterocycles. The SMILES string of the molecule is Cc1cc(CO)ccc1C(=C(c1ccc(/C=C/C(=O)O)cc1)c1ccc2n[nH]c(F)c2c1)C1CCC1. The largest absolute Gasteiger partial charge is 0.478 e. The topological polar surface area (TPSA) is 86.2 Å². The van der Waals surface area contributed by atoms with Crippen LogP contribution in [0, 0.1) is 18.8 Å². The van der Waals surface area contributed by atoms with Gasteiger partial charge in [0.25, 0.3) is 0 Å². The second-order valence-corrected chi connectivity index (χ2v) is 9.29. The van der Waals surface area contributed by atoms with Crippen molar-refractivity contribution < 1.29 is 19.4 Å². The van der Waals surface area contributed by atoms with E-state index in [0.717, 1.165) is 64.3 Å². The Morgan fingerprint density at radius 3 is 2.47 bits per heavy atom. The number of carboxylic acid groups (broad SMARTS) is 1. The number of carbonyl (C=O) groups is 1. The van der Waals surface area contributed by atoms with E-state index in [0.29, 0.717) is 16.8 Å². The minimum Gasteiger partial charge on any atom is -0.478 e. The summed E-state index contributed by atoms with van der Waals surface area (Å²) in [4.78, 5) is 10.9.